The second-order valence-corrected chi connectivity index (χ2v) is 7.50. The van der Waals surface area contributed by atoms with Crippen LogP contribution in [0.25, 0.3) is 11.0 Å². The Morgan fingerprint density at radius 1 is 1.28 bits per heavy atom. The van der Waals surface area contributed by atoms with E-state index in [0.717, 1.165) is 11.3 Å². The topological polar surface area (TPSA) is 86.0 Å². The zero-order valence-corrected chi connectivity index (χ0v) is 15.8. The summed E-state index contributed by atoms with van der Waals surface area (Å²) in [5, 5.41) is 0.603. The monoisotopic (exact) mass is 400 g/mol. The number of alkyl halides is 2. The van der Waals surface area contributed by atoms with Crippen LogP contribution in [0.3, 0.4) is 0 Å². The number of nitrogens with zero attached hydrogens (tertiary/aromatic N) is 6. The second kappa shape index (κ2) is 6.16. The van der Waals surface area contributed by atoms with E-state index in [9.17, 15) is 13.6 Å². The number of rotatable bonds is 4. The van der Waals surface area contributed by atoms with Crippen LogP contribution in [0.5, 0.6) is 0 Å². The molecule has 3 aromatic heterocycles. The van der Waals surface area contributed by atoms with E-state index in [4.69, 9.17) is 4.74 Å². The smallest absolute Gasteiger partial charge is 0.340 e. The molecule has 1 saturated heterocycles. The highest BCUT2D eigenvalue weighted by molar-refractivity contribution is 6.03. The molecular weight excluding hydrogens is 382 g/mol. The van der Waals surface area contributed by atoms with Crippen molar-refractivity contribution in [1.29, 1.82) is 0 Å². The molecule has 5 rings (SSSR count). The lowest BCUT2D eigenvalue weighted by molar-refractivity contribution is 0.0602. The second-order valence-electron chi connectivity index (χ2n) is 7.50. The van der Waals surface area contributed by atoms with Gasteiger partial charge in [0.05, 0.1) is 36.4 Å². The van der Waals surface area contributed by atoms with Crippen LogP contribution in [0.15, 0.2) is 24.9 Å². The van der Waals surface area contributed by atoms with Crippen LogP contribution in [0.1, 0.15) is 21.6 Å². The SMILES string of the molecule is COC(=O)c1cn(Cc2cnc(N3CC4C(C3)C4(F)F)nc2C)c2ncncc12. The minimum absolute atomic E-state index is 0.290. The van der Waals surface area contributed by atoms with Gasteiger partial charge in [0.25, 0.3) is 5.92 Å². The number of methoxy groups -OCH3 is 1. The van der Waals surface area contributed by atoms with Gasteiger partial charge in [0.2, 0.25) is 5.95 Å². The normalized spacial score (nSPS) is 22.0. The fourth-order valence-electron chi connectivity index (χ4n) is 4.06. The molecule has 1 saturated carbocycles. The number of halogens is 2. The zero-order valence-electron chi connectivity index (χ0n) is 15.8. The highest BCUT2D eigenvalue weighted by Crippen LogP contribution is 2.59. The van der Waals surface area contributed by atoms with Gasteiger partial charge in [-0.25, -0.2) is 33.5 Å². The lowest BCUT2D eigenvalue weighted by atomic mass is 10.2. The standard InChI is InChI=1S/C19H18F2N6O2/c1-10-11(3-23-18(25-10)27-7-14-15(8-27)19(14,20)21)5-26-6-13(17(28)29-2)12-4-22-9-24-16(12)26/h3-4,6,9,14-15H,5,7-8H2,1-2H3. The van der Waals surface area contributed by atoms with Crippen molar-refractivity contribution >= 4 is 23.0 Å². The molecule has 0 amide bonds. The van der Waals surface area contributed by atoms with Crippen LogP contribution in [0, 0.1) is 18.8 Å². The Morgan fingerprint density at radius 2 is 2.03 bits per heavy atom. The number of hydrogen-bond acceptors (Lipinski definition) is 7. The van der Waals surface area contributed by atoms with Crippen molar-refractivity contribution in [2.45, 2.75) is 19.4 Å². The molecule has 10 heteroatoms. The average Bonchev–Trinajstić information content (AvgIpc) is 3.11. The molecule has 1 aliphatic carbocycles. The molecule has 3 aromatic rings. The van der Waals surface area contributed by atoms with Gasteiger partial charge in [0.1, 0.15) is 12.0 Å². The molecule has 0 radical (unpaired) electrons. The Bertz CT molecular complexity index is 1120. The molecule has 29 heavy (non-hydrogen) atoms. The number of carbonyl (C=O) groups is 1. The third-order valence-corrected chi connectivity index (χ3v) is 5.83. The first kappa shape index (κ1) is 17.9. The number of hydrogen-bond donors (Lipinski definition) is 0. The van der Waals surface area contributed by atoms with Gasteiger partial charge in [0, 0.05) is 42.9 Å². The zero-order chi connectivity index (χ0) is 20.3. The number of piperidine rings is 1. The van der Waals surface area contributed by atoms with Crippen molar-refractivity contribution in [2.75, 3.05) is 25.1 Å². The van der Waals surface area contributed by atoms with E-state index in [-0.39, 0.29) is 13.1 Å². The summed E-state index contributed by atoms with van der Waals surface area (Å²) in [6, 6.07) is 0. The third-order valence-electron chi connectivity index (χ3n) is 5.83. The maximum absolute atomic E-state index is 13.4. The summed E-state index contributed by atoms with van der Waals surface area (Å²) >= 11 is 0. The van der Waals surface area contributed by atoms with Gasteiger partial charge in [-0.05, 0) is 6.92 Å². The molecule has 1 aliphatic heterocycles. The molecule has 0 bridgehead atoms. The largest absolute Gasteiger partial charge is 0.465 e. The number of aromatic nitrogens is 5. The molecule has 4 heterocycles. The predicted molar refractivity (Wildman–Crippen MR) is 98.9 cm³/mol. The van der Waals surface area contributed by atoms with Crippen LogP contribution < -0.4 is 4.90 Å². The van der Waals surface area contributed by atoms with Crippen molar-refractivity contribution < 1.29 is 18.3 Å². The first-order chi connectivity index (χ1) is 13.9. The van der Waals surface area contributed by atoms with Crippen molar-refractivity contribution in [3.8, 4) is 0 Å². The van der Waals surface area contributed by atoms with Gasteiger partial charge in [-0.15, -0.1) is 0 Å². The van der Waals surface area contributed by atoms with Gasteiger partial charge >= 0.3 is 5.97 Å². The Labute approximate surface area is 164 Å². The number of aryl methyl sites for hydroxylation is 1. The average molecular weight is 400 g/mol. The maximum atomic E-state index is 13.4. The number of anilines is 1. The Kier molecular flexibility index (Phi) is 3.80. The molecule has 0 spiro atoms. The van der Waals surface area contributed by atoms with Gasteiger partial charge in [-0.3, -0.25) is 0 Å². The molecule has 2 atom stereocenters. The van der Waals surface area contributed by atoms with E-state index in [2.05, 4.69) is 19.9 Å². The molecule has 2 unspecified atom stereocenters. The van der Waals surface area contributed by atoms with E-state index >= 15 is 0 Å². The Morgan fingerprint density at radius 3 is 2.72 bits per heavy atom. The van der Waals surface area contributed by atoms with Crippen molar-refractivity contribution in [3.05, 3.63) is 41.7 Å². The van der Waals surface area contributed by atoms with Gasteiger partial charge in [0.15, 0.2) is 0 Å². The lowest BCUT2D eigenvalue weighted by Crippen LogP contribution is -2.29. The Hall–Kier alpha value is -3.17. The minimum atomic E-state index is -2.53. The van der Waals surface area contributed by atoms with Crippen molar-refractivity contribution in [2.24, 2.45) is 11.8 Å². The molecular formula is C19H18F2N6O2. The molecule has 0 aromatic carbocycles. The summed E-state index contributed by atoms with van der Waals surface area (Å²) in [6.07, 6.45) is 6.37. The van der Waals surface area contributed by atoms with E-state index in [1.165, 1.54) is 13.4 Å². The van der Waals surface area contributed by atoms with E-state index in [1.54, 1.807) is 18.6 Å². The van der Waals surface area contributed by atoms with Crippen molar-refractivity contribution in [1.82, 2.24) is 24.5 Å². The lowest BCUT2D eigenvalue weighted by Gasteiger charge is -2.20. The van der Waals surface area contributed by atoms with Crippen molar-refractivity contribution in [3.63, 3.8) is 0 Å². The van der Waals surface area contributed by atoms with Gasteiger partial charge in [-0.1, -0.05) is 0 Å². The predicted octanol–water partition coefficient (Wildman–Crippen LogP) is 2.07. The van der Waals surface area contributed by atoms with Crippen LogP contribution in [0.2, 0.25) is 0 Å². The van der Waals surface area contributed by atoms with Crippen LogP contribution in [-0.2, 0) is 11.3 Å². The number of esters is 1. The summed E-state index contributed by atoms with van der Waals surface area (Å²) in [7, 11) is 1.32. The number of fused-ring (bicyclic) bond motifs is 2. The highest BCUT2D eigenvalue weighted by Gasteiger charge is 2.72. The van der Waals surface area contributed by atoms with Gasteiger partial charge in [-0.2, -0.15) is 0 Å². The summed E-state index contributed by atoms with van der Waals surface area (Å²) in [5.41, 5.74) is 2.58. The quantitative estimate of drug-likeness (QED) is 0.620. The first-order valence-corrected chi connectivity index (χ1v) is 9.22. The fraction of sp³-hybridized carbons (Fsp3) is 0.421. The van der Waals surface area contributed by atoms with E-state index < -0.39 is 23.7 Å². The summed E-state index contributed by atoms with van der Waals surface area (Å²) in [6.45, 7) is 2.84. The third kappa shape index (κ3) is 2.73. The molecule has 150 valence electrons. The molecule has 2 aliphatic rings. The van der Waals surface area contributed by atoms with Crippen LogP contribution in [-0.4, -0.2) is 56.6 Å². The summed E-state index contributed by atoms with van der Waals surface area (Å²) in [4.78, 5) is 31.0. The first-order valence-electron chi connectivity index (χ1n) is 9.22. The Balaban J connectivity index is 1.41. The molecule has 8 nitrogen and oxygen atoms in total. The minimum Gasteiger partial charge on any atom is -0.465 e. The van der Waals surface area contributed by atoms with Crippen LogP contribution in [0.4, 0.5) is 14.7 Å². The number of carbonyl (C=O) groups excluding carboxylic acids is 1. The van der Waals surface area contributed by atoms with Crippen LogP contribution >= 0.6 is 0 Å². The number of ether oxygens (including phenoxy) is 1. The fourth-order valence-corrected chi connectivity index (χ4v) is 4.06. The molecule has 2 fully saturated rings. The molecule has 0 N–H and O–H groups in total. The van der Waals surface area contributed by atoms with Gasteiger partial charge < -0.3 is 14.2 Å². The summed E-state index contributed by atoms with van der Waals surface area (Å²) in [5.74, 6) is -3.66. The van der Waals surface area contributed by atoms with E-state index in [1.807, 2.05) is 16.4 Å². The van der Waals surface area contributed by atoms with E-state index in [0.29, 0.717) is 29.1 Å². The maximum Gasteiger partial charge on any atom is 0.340 e. The summed E-state index contributed by atoms with van der Waals surface area (Å²) < 4.78 is 33.5. The highest BCUT2D eigenvalue weighted by atomic mass is 19.3.